The molecule has 1 atom stereocenters. The highest BCUT2D eigenvalue weighted by Gasteiger charge is 2.23. The quantitative estimate of drug-likeness (QED) is 0.926. The summed E-state index contributed by atoms with van der Waals surface area (Å²) in [5.41, 5.74) is 5.31. The van der Waals surface area contributed by atoms with Gasteiger partial charge in [0.1, 0.15) is 0 Å². The first-order valence-corrected chi connectivity index (χ1v) is 7.22. The molecule has 0 aliphatic carbocycles. The Hall–Kier alpha value is -1.87. The van der Waals surface area contributed by atoms with Gasteiger partial charge in [-0.3, -0.25) is 4.98 Å². The molecule has 0 amide bonds. The van der Waals surface area contributed by atoms with E-state index in [4.69, 9.17) is 0 Å². The number of hydrogen-bond acceptors (Lipinski definition) is 3. The van der Waals surface area contributed by atoms with E-state index in [-0.39, 0.29) is 0 Å². The molecule has 0 bridgehead atoms. The van der Waals surface area contributed by atoms with Crippen LogP contribution in [-0.2, 0) is 13.0 Å². The van der Waals surface area contributed by atoms with Gasteiger partial charge in [-0.1, -0.05) is 25.1 Å². The highest BCUT2D eigenvalue weighted by Crippen LogP contribution is 2.36. The molecule has 1 aliphatic heterocycles. The van der Waals surface area contributed by atoms with Crippen LogP contribution in [-0.4, -0.2) is 18.6 Å². The Morgan fingerprint density at radius 2 is 2.10 bits per heavy atom. The summed E-state index contributed by atoms with van der Waals surface area (Å²) in [5, 5.41) is 3.23. The Labute approximate surface area is 120 Å². The van der Waals surface area contributed by atoms with Gasteiger partial charge in [0.25, 0.3) is 0 Å². The summed E-state index contributed by atoms with van der Waals surface area (Å²) in [6, 6.07) is 10.9. The summed E-state index contributed by atoms with van der Waals surface area (Å²) in [4.78, 5) is 6.71. The SMILES string of the molecule is CNCc1cnccc1N1CC(C)Cc2ccccc21. The van der Waals surface area contributed by atoms with Crippen molar-refractivity contribution in [2.24, 2.45) is 5.92 Å². The second-order valence-electron chi connectivity index (χ2n) is 5.58. The van der Waals surface area contributed by atoms with Crippen LogP contribution in [0.3, 0.4) is 0 Å². The van der Waals surface area contributed by atoms with Crippen LogP contribution < -0.4 is 10.2 Å². The average molecular weight is 267 g/mol. The van der Waals surface area contributed by atoms with E-state index in [0.29, 0.717) is 5.92 Å². The molecule has 0 saturated heterocycles. The zero-order valence-corrected chi connectivity index (χ0v) is 12.1. The fourth-order valence-electron chi connectivity index (χ4n) is 3.03. The molecule has 0 spiro atoms. The molecule has 3 nitrogen and oxygen atoms in total. The van der Waals surface area contributed by atoms with Gasteiger partial charge in [-0.15, -0.1) is 0 Å². The van der Waals surface area contributed by atoms with Crippen molar-refractivity contribution in [3.05, 3.63) is 53.9 Å². The first-order valence-electron chi connectivity index (χ1n) is 7.22. The van der Waals surface area contributed by atoms with Crippen molar-refractivity contribution in [3.8, 4) is 0 Å². The van der Waals surface area contributed by atoms with Crippen molar-refractivity contribution < 1.29 is 0 Å². The van der Waals surface area contributed by atoms with Gasteiger partial charge >= 0.3 is 0 Å². The van der Waals surface area contributed by atoms with Crippen molar-refractivity contribution in [3.63, 3.8) is 0 Å². The summed E-state index contributed by atoms with van der Waals surface area (Å²) >= 11 is 0. The van der Waals surface area contributed by atoms with Crippen LogP contribution >= 0.6 is 0 Å². The van der Waals surface area contributed by atoms with Gasteiger partial charge in [-0.2, -0.15) is 0 Å². The smallest absolute Gasteiger partial charge is 0.0487 e. The minimum Gasteiger partial charge on any atom is -0.341 e. The maximum atomic E-state index is 4.27. The largest absolute Gasteiger partial charge is 0.341 e. The predicted octanol–water partition coefficient (Wildman–Crippen LogP) is 3.13. The van der Waals surface area contributed by atoms with Crippen LogP contribution in [0.2, 0.25) is 0 Å². The molecule has 1 aromatic heterocycles. The van der Waals surface area contributed by atoms with E-state index in [0.717, 1.165) is 13.1 Å². The van der Waals surface area contributed by atoms with Gasteiger partial charge in [0.15, 0.2) is 0 Å². The van der Waals surface area contributed by atoms with Crippen molar-refractivity contribution in [2.75, 3.05) is 18.5 Å². The number of nitrogens with zero attached hydrogens (tertiary/aromatic N) is 2. The number of para-hydroxylation sites is 1. The molecule has 1 unspecified atom stereocenters. The molecule has 2 aromatic rings. The Morgan fingerprint density at radius 1 is 1.25 bits per heavy atom. The fraction of sp³-hybridized carbons (Fsp3) is 0.353. The molecule has 1 N–H and O–H groups in total. The molecule has 1 aliphatic rings. The molecule has 0 fully saturated rings. The third-order valence-corrected chi connectivity index (χ3v) is 3.88. The Balaban J connectivity index is 2.06. The van der Waals surface area contributed by atoms with Gasteiger partial charge in [-0.05, 0) is 37.1 Å². The predicted molar refractivity (Wildman–Crippen MR) is 83.3 cm³/mol. The third-order valence-electron chi connectivity index (χ3n) is 3.88. The minimum atomic E-state index is 0.667. The molecular weight excluding hydrogens is 246 g/mol. The first-order chi connectivity index (χ1) is 9.79. The molecule has 1 aromatic carbocycles. The Bertz CT molecular complexity index is 594. The van der Waals surface area contributed by atoms with Gasteiger partial charge in [0, 0.05) is 42.4 Å². The van der Waals surface area contributed by atoms with Gasteiger partial charge < -0.3 is 10.2 Å². The molecule has 104 valence electrons. The standard InChI is InChI=1S/C17H21N3/c1-13-9-14-5-3-4-6-16(14)20(12-13)17-7-8-19-11-15(17)10-18-2/h3-8,11,13,18H,9-10,12H2,1-2H3. The summed E-state index contributed by atoms with van der Waals surface area (Å²) in [5.74, 6) is 0.667. The maximum absolute atomic E-state index is 4.27. The van der Waals surface area contributed by atoms with Crippen LogP contribution in [0.25, 0.3) is 0 Å². The highest BCUT2D eigenvalue weighted by atomic mass is 15.2. The molecule has 0 radical (unpaired) electrons. The van der Waals surface area contributed by atoms with E-state index < -0.39 is 0 Å². The number of pyridine rings is 1. The second kappa shape index (κ2) is 5.63. The first kappa shape index (κ1) is 13.1. The van der Waals surface area contributed by atoms with Crippen LogP contribution in [0.15, 0.2) is 42.7 Å². The summed E-state index contributed by atoms with van der Waals surface area (Å²) < 4.78 is 0. The number of nitrogens with one attached hydrogen (secondary N) is 1. The monoisotopic (exact) mass is 267 g/mol. The number of hydrogen-bond donors (Lipinski definition) is 1. The van der Waals surface area contributed by atoms with Crippen molar-refractivity contribution in [1.29, 1.82) is 0 Å². The van der Waals surface area contributed by atoms with Crippen LogP contribution in [0.4, 0.5) is 11.4 Å². The molecule has 3 heteroatoms. The minimum absolute atomic E-state index is 0.667. The van der Waals surface area contributed by atoms with Crippen LogP contribution in [0.1, 0.15) is 18.1 Å². The molecule has 0 saturated carbocycles. The van der Waals surface area contributed by atoms with Gasteiger partial charge in [-0.25, -0.2) is 0 Å². The van der Waals surface area contributed by atoms with E-state index in [1.807, 2.05) is 19.4 Å². The Kier molecular flexibility index (Phi) is 3.70. The van der Waals surface area contributed by atoms with E-state index in [2.05, 4.69) is 52.5 Å². The lowest BCUT2D eigenvalue weighted by Gasteiger charge is -2.35. The van der Waals surface area contributed by atoms with E-state index in [9.17, 15) is 0 Å². The number of aromatic nitrogens is 1. The lowest BCUT2D eigenvalue weighted by molar-refractivity contribution is 0.561. The van der Waals surface area contributed by atoms with E-state index in [1.165, 1.54) is 28.9 Å². The maximum Gasteiger partial charge on any atom is 0.0487 e. The van der Waals surface area contributed by atoms with E-state index in [1.54, 1.807) is 0 Å². The van der Waals surface area contributed by atoms with Crippen molar-refractivity contribution >= 4 is 11.4 Å². The normalized spacial score (nSPS) is 17.9. The second-order valence-corrected chi connectivity index (χ2v) is 5.58. The number of benzene rings is 1. The molecule has 20 heavy (non-hydrogen) atoms. The van der Waals surface area contributed by atoms with Crippen molar-refractivity contribution in [1.82, 2.24) is 10.3 Å². The number of fused-ring (bicyclic) bond motifs is 1. The lowest BCUT2D eigenvalue weighted by Crippen LogP contribution is -2.31. The zero-order chi connectivity index (χ0) is 13.9. The summed E-state index contributed by atoms with van der Waals surface area (Å²) in [7, 11) is 1.98. The van der Waals surface area contributed by atoms with Crippen LogP contribution in [0.5, 0.6) is 0 Å². The fourth-order valence-corrected chi connectivity index (χ4v) is 3.03. The summed E-state index contributed by atoms with van der Waals surface area (Å²) in [6.45, 7) is 4.23. The van der Waals surface area contributed by atoms with Gasteiger partial charge in [0.2, 0.25) is 0 Å². The number of rotatable bonds is 3. The molecule has 3 rings (SSSR count). The third kappa shape index (κ3) is 2.41. The lowest BCUT2D eigenvalue weighted by atomic mass is 9.93. The molecule has 2 heterocycles. The van der Waals surface area contributed by atoms with Gasteiger partial charge in [0.05, 0.1) is 0 Å². The topological polar surface area (TPSA) is 28.2 Å². The zero-order valence-electron chi connectivity index (χ0n) is 12.1. The van der Waals surface area contributed by atoms with Crippen LogP contribution in [0, 0.1) is 5.92 Å². The number of anilines is 2. The summed E-state index contributed by atoms with van der Waals surface area (Å²) in [6.07, 6.45) is 5.02. The van der Waals surface area contributed by atoms with E-state index >= 15 is 0 Å². The van der Waals surface area contributed by atoms with Crippen molar-refractivity contribution in [2.45, 2.75) is 19.9 Å². The average Bonchev–Trinajstić information content (AvgIpc) is 2.47. The molecular formula is C17H21N3. The Morgan fingerprint density at radius 3 is 2.95 bits per heavy atom. The highest BCUT2D eigenvalue weighted by molar-refractivity contribution is 5.70.